The zero-order chi connectivity index (χ0) is 15.4. The normalized spacial score (nSPS) is 21.8. The quantitative estimate of drug-likeness (QED) is 0.872. The summed E-state index contributed by atoms with van der Waals surface area (Å²) < 4.78 is 0. The Balaban J connectivity index is 1.85. The van der Waals surface area contributed by atoms with Crippen LogP contribution in [-0.2, 0) is 4.79 Å². The fraction of sp³-hybridized carbons (Fsp3) is 0.533. The lowest BCUT2D eigenvalue weighted by molar-refractivity contribution is -0.117. The van der Waals surface area contributed by atoms with E-state index in [4.69, 9.17) is 23.2 Å². The highest BCUT2D eigenvalue weighted by atomic mass is 35.5. The monoisotopic (exact) mass is 330 g/mol. The van der Waals surface area contributed by atoms with E-state index in [1.165, 1.54) is 0 Å². The summed E-state index contributed by atoms with van der Waals surface area (Å²) in [6.07, 6.45) is 2.71. The number of aliphatic hydroxyl groups is 1. The van der Waals surface area contributed by atoms with E-state index in [1.807, 2.05) is 11.9 Å². The molecule has 1 aliphatic rings. The first-order valence-corrected chi connectivity index (χ1v) is 7.83. The molecule has 0 radical (unpaired) electrons. The van der Waals surface area contributed by atoms with Crippen LogP contribution in [0, 0.1) is 5.92 Å². The van der Waals surface area contributed by atoms with E-state index in [0.29, 0.717) is 15.7 Å². The third kappa shape index (κ3) is 4.58. The van der Waals surface area contributed by atoms with E-state index < -0.39 is 0 Å². The highest BCUT2D eigenvalue weighted by Crippen LogP contribution is 2.29. The summed E-state index contributed by atoms with van der Waals surface area (Å²) in [5.74, 6) is 0.117. The van der Waals surface area contributed by atoms with Crippen LogP contribution in [0.3, 0.4) is 0 Å². The number of anilines is 1. The van der Waals surface area contributed by atoms with Crippen molar-refractivity contribution >= 4 is 34.8 Å². The molecule has 4 nitrogen and oxygen atoms in total. The SMILES string of the molecule is CN(CC(=O)Nc1cccc(Cl)c1Cl)CC1CCCC1O. The Morgan fingerprint density at radius 3 is 2.86 bits per heavy atom. The predicted molar refractivity (Wildman–Crippen MR) is 85.9 cm³/mol. The molecule has 0 bridgehead atoms. The van der Waals surface area contributed by atoms with Gasteiger partial charge in [-0.25, -0.2) is 0 Å². The maximum Gasteiger partial charge on any atom is 0.238 e. The molecule has 1 aromatic rings. The number of amides is 1. The van der Waals surface area contributed by atoms with E-state index in [2.05, 4.69) is 5.32 Å². The molecule has 1 aliphatic carbocycles. The summed E-state index contributed by atoms with van der Waals surface area (Å²) in [6.45, 7) is 0.976. The minimum absolute atomic E-state index is 0.144. The Hall–Kier alpha value is -0.810. The Kier molecular flexibility index (Phi) is 5.88. The molecule has 0 aliphatic heterocycles. The first-order valence-electron chi connectivity index (χ1n) is 7.08. The number of hydrogen-bond donors (Lipinski definition) is 2. The highest BCUT2D eigenvalue weighted by Gasteiger charge is 2.26. The second kappa shape index (κ2) is 7.45. The topological polar surface area (TPSA) is 52.6 Å². The van der Waals surface area contributed by atoms with Crippen LogP contribution < -0.4 is 5.32 Å². The lowest BCUT2D eigenvalue weighted by Crippen LogP contribution is -2.35. The molecule has 1 fully saturated rings. The summed E-state index contributed by atoms with van der Waals surface area (Å²) in [4.78, 5) is 13.9. The number of nitrogens with zero attached hydrogens (tertiary/aromatic N) is 1. The van der Waals surface area contributed by atoms with Gasteiger partial charge in [0.25, 0.3) is 0 Å². The van der Waals surface area contributed by atoms with Crippen LogP contribution in [-0.4, -0.2) is 42.2 Å². The van der Waals surface area contributed by atoms with Crippen molar-refractivity contribution in [2.45, 2.75) is 25.4 Å². The number of carbonyl (C=O) groups excluding carboxylic acids is 1. The van der Waals surface area contributed by atoms with Gasteiger partial charge in [-0.05, 0) is 37.9 Å². The fourth-order valence-corrected chi connectivity index (χ4v) is 3.08. The van der Waals surface area contributed by atoms with E-state index in [1.54, 1.807) is 18.2 Å². The van der Waals surface area contributed by atoms with Crippen LogP contribution in [0.4, 0.5) is 5.69 Å². The molecule has 0 aromatic heterocycles. The maximum atomic E-state index is 12.0. The van der Waals surface area contributed by atoms with Gasteiger partial charge in [0.15, 0.2) is 0 Å². The Labute approximate surface area is 135 Å². The maximum absolute atomic E-state index is 12.0. The zero-order valence-electron chi connectivity index (χ0n) is 12.0. The first-order chi connectivity index (χ1) is 9.97. The number of nitrogens with one attached hydrogen (secondary N) is 1. The molecule has 0 spiro atoms. The molecule has 116 valence electrons. The Bertz CT molecular complexity index is 510. The summed E-state index contributed by atoms with van der Waals surface area (Å²) >= 11 is 11.9. The molecule has 0 heterocycles. The summed E-state index contributed by atoms with van der Waals surface area (Å²) in [5.41, 5.74) is 0.517. The molecule has 2 rings (SSSR count). The minimum Gasteiger partial charge on any atom is -0.393 e. The van der Waals surface area contributed by atoms with Crippen molar-refractivity contribution in [3.8, 4) is 0 Å². The number of benzene rings is 1. The fourth-order valence-electron chi connectivity index (χ4n) is 2.73. The zero-order valence-corrected chi connectivity index (χ0v) is 13.5. The van der Waals surface area contributed by atoms with Gasteiger partial charge in [0.1, 0.15) is 0 Å². The lowest BCUT2D eigenvalue weighted by atomic mass is 10.1. The van der Waals surface area contributed by atoms with Gasteiger partial charge in [-0.1, -0.05) is 35.7 Å². The highest BCUT2D eigenvalue weighted by molar-refractivity contribution is 6.43. The van der Waals surface area contributed by atoms with Crippen LogP contribution in [0.2, 0.25) is 10.0 Å². The summed E-state index contributed by atoms with van der Waals surface area (Å²) in [7, 11) is 1.88. The van der Waals surface area contributed by atoms with E-state index in [-0.39, 0.29) is 24.5 Å². The molecule has 1 saturated carbocycles. The molecular formula is C15H20Cl2N2O2. The number of carbonyl (C=O) groups is 1. The van der Waals surface area contributed by atoms with Gasteiger partial charge in [-0.3, -0.25) is 9.69 Å². The largest absolute Gasteiger partial charge is 0.393 e. The average molecular weight is 331 g/mol. The molecule has 21 heavy (non-hydrogen) atoms. The number of aliphatic hydroxyl groups excluding tert-OH is 1. The Morgan fingerprint density at radius 2 is 2.19 bits per heavy atom. The van der Waals surface area contributed by atoms with Crippen molar-refractivity contribution in [1.29, 1.82) is 0 Å². The van der Waals surface area contributed by atoms with Gasteiger partial charge in [0.2, 0.25) is 5.91 Å². The number of rotatable bonds is 5. The van der Waals surface area contributed by atoms with E-state index in [9.17, 15) is 9.90 Å². The number of halogens is 2. The van der Waals surface area contributed by atoms with Crippen LogP contribution in [0.5, 0.6) is 0 Å². The van der Waals surface area contributed by atoms with Crippen LogP contribution in [0.1, 0.15) is 19.3 Å². The third-order valence-corrected chi connectivity index (χ3v) is 4.62. The van der Waals surface area contributed by atoms with Crippen LogP contribution in [0.15, 0.2) is 18.2 Å². The van der Waals surface area contributed by atoms with Crippen molar-refractivity contribution in [3.63, 3.8) is 0 Å². The standard InChI is InChI=1S/C15H20Cl2N2O2/c1-19(8-10-4-2-7-13(10)20)9-14(21)18-12-6-3-5-11(16)15(12)17/h3,5-6,10,13,20H,2,4,7-9H2,1H3,(H,18,21). The van der Waals surface area contributed by atoms with E-state index in [0.717, 1.165) is 25.8 Å². The lowest BCUT2D eigenvalue weighted by Gasteiger charge is -2.22. The molecule has 2 unspecified atom stereocenters. The van der Waals surface area contributed by atoms with Crippen molar-refractivity contribution in [1.82, 2.24) is 4.90 Å². The van der Waals surface area contributed by atoms with Crippen LogP contribution >= 0.6 is 23.2 Å². The summed E-state index contributed by atoms with van der Waals surface area (Å²) in [6, 6.07) is 5.13. The summed E-state index contributed by atoms with van der Waals surface area (Å²) in [5, 5.41) is 13.3. The molecular weight excluding hydrogens is 311 g/mol. The predicted octanol–water partition coefficient (Wildman–Crippen LogP) is 3.02. The van der Waals surface area contributed by atoms with Crippen molar-refractivity contribution < 1.29 is 9.90 Å². The molecule has 2 atom stereocenters. The van der Waals surface area contributed by atoms with E-state index >= 15 is 0 Å². The second-order valence-electron chi connectivity index (χ2n) is 5.60. The first kappa shape index (κ1) is 16.6. The van der Waals surface area contributed by atoms with Gasteiger partial charge in [-0.15, -0.1) is 0 Å². The van der Waals surface area contributed by atoms with Crippen LogP contribution in [0.25, 0.3) is 0 Å². The molecule has 0 saturated heterocycles. The third-order valence-electron chi connectivity index (χ3n) is 3.80. The smallest absolute Gasteiger partial charge is 0.238 e. The van der Waals surface area contributed by atoms with Crippen molar-refractivity contribution in [2.24, 2.45) is 5.92 Å². The Morgan fingerprint density at radius 1 is 1.43 bits per heavy atom. The molecule has 2 N–H and O–H groups in total. The van der Waals surface area contributed by atoms with Gasteiger partial charge >= 0.3 is 0 Å². The second-order valence-corrected chi connectivity index (χ2v) is 6.39. The van der Waals surface area contributed by atoms with Crippen molar-refractivity contribution in [3.05, 3.63) is 28.2 Å². The van der Waals surface area contributed by atoms with Gasteiger partial charge < -0.3 is 10.4 Å². The minimum atomic E-state index is -0.238. The number of likely N-dealkylation sites (N-methyl/N-ethyl adjacent to an activating group) is 1. The molecule has 1 amide bonds. The van der Waals surface area contributed by atoms with Crippen molar-refractivity contribution in [2.75, 3.05) is 25.5 Å². The van der Waals surface area contributed by atoms with Gasteiger partial charge in [0, 0.05) is 6.54 Å². The van der Waals surface area contributed by atoms with Gasteiger partial charge in [-0.2, -0.15) is 0 Å². The average Bonchev–Trinajstić information content (AvgIpc) is 2.80. The molecule has 6 heteroatoms. The number of hydrogen-bond acceptors (Lipinski definition) is 3. The van der Waals surface area contributed by atoms with Gasteiger partial charge in [0.05, 0.1) is 28.4 Å². The molecule has 1 aromatic carbocycles.